The van der Waals surface area contributed by atoms with Crippen LogP contribution in [0.1, 0.15) is 6.92 Å². The SMILES string of the molecule is CC(=O)OC[C@H]1O[C@H](O)[C@@H](O)[C@@H]1O. The lowest BCUT2D eigenvalue weighted by Crippen LogP contribution is -2.34. The topological polar surface area (TPSA) is 96.2 Å². The van der Waals surface area contributed by atoms with E-state index in [0.717, 1.165) is 0 Å². The van der Waals surface area contributed by atoms with E-state index in [-0.39, 0.29) is 6.61 Å². The number of esters is 1. The zero-order chi connectivity index (χ0) is 10.0. The Morgan fingerprint density at radius 3 is 2.38 bits per heavy atom. The standard InChI is InChI=1S/C7H12O6/c1-3(8)12-2-4-5(9)6(10)7(11)13-4/h4-7,9-11H,2H2,1H3/t4-,5-,6+,7+/m1/s1. The van der Waals surface area contributed by atoms with E-state index in [4.69, 9.17) is 14.9 Å². The molecule has 13 heavy (non-hydrogen) atoms. The predicted octanol–water partition coefficient (Wildman–Crippen LogP) is -2.01. The summed E-state index contributed by atoms with van der Waals surface area (Å²) in [5, 5.41) is 27.2. The molecule has 1 heterocycles. The first-order valence-electron chi connectivity index (χ1n) is 3.85. The quantitative estimate of drug-likeness (QED) is 0.437. The van der Waals surface area contributed by atoms with Crippen LogP contribution in [0.2, 0.25) is 0 Å². The normalized spacial score (nSPS) is 39.1. The van der Waals surface area contributed by atoms with E-state index < -0.39 is 30.6 Å². The summed E-state index contributed by atoms with van der Waals surface area (Å²) in [4.78, 5) is 10.4. The molecule has 0 radical (unpaired) electrons. The molecule has 0 aliphatic carbocycles. The third-order valence-electron chi connectivity index (χ3n) is 1.79. The number of aliphatic hydroxyl groups excluding tert-OH is 3. The molecule has 1 rings (SSSR count). The van der Waals surface area contributed by atoms with E-state index in [1.54, 1.807) is 0 Å². The summed E-state index contributed by atoms with van der Waals surface area (Å²) in [6.45, 7) is 1.04. The minimum absolute atomic E-state index is 0.176. The van der Waals surface area contributed by atoms with Gasteiger partial charge < -0.3 is 24.8 Å². The van der Waals surface area contributed by atoms with Crippen molar-refractivity contribution in [2.24, 2.45) is 0 Å². The molecule has 1 aliphatic rings. The fraction of sp³-hybridized carbons (Fsp3) is 0.857. The Labute approximate surface area is 74.7 Å². The van der Waals surface area contributed by atoms with Gasteiger partial charge in [0.1, 0.15) is 24.9 Å². The molecule has 4 atom stereocenters. The van der Waals surface area contributed by atoms with Gasteiger partial charge in [-0.1, -0.05) is 0 Å². The molecule has 6 heteroatoms. The van der Waals surface area contributed by atoms with Gasteiger partial charge in [-0.15, -0.1) is 0 Å². The van der Waals surface area contributed by atoms with Gasteiger partial charge in [-0.3, -0.25) is 4.79 Å². The van der Waals surface area contributed by atoms with E-state index in [1.807, 2.05) is 0 Å². The highest BCUT2D eigenvalue weighted by molar-refractivity contribution is 5.65. The maximum atomic E-state index is 10.4. The smallest absolute Gasteiger partial charge is 0.302 e. The molecule has 6 nitrogen and oxygen atoms in total. The van der Waals surface area contributed by atoms with E-state index in [9.17, 15) is 9.90 Å². The second-order valence-electron chi connectivity index (χ2n) is 2.85. The van der Waals surface area contributed by atoms with Gasteiger partial charge in [0.15, 0.2) is 6.29 Å². The lowest BCUT2D eigenvalue weighted by Gasteiger charge is -2.13. The minimum atomic E-state index is -1.42. The van der Waals surface area contributed by atoms with Gasteiger partial charge in [0.2, 0.25) is 0 Å². The average Bonchev–Trinajstić information content (AvgIpc) is 2.29. The van der Waals surface area contributed by atoms with Crippen molar-refractivity contribution in [1.29, 1.82) is 0 Å². The second-order valence-corrected chi connectivity index (χ2v) is 2.85. The molecular weight excluding hydrogens is 180 g/mol. The summed E-state index contributed by atoms with van der Waals surface area (Å²) in [6.07, 6.45) is -4.86. The zero-order valence-corrected chi connectivity index (χ0v) is 7.08. The van der Waals surface area contributed by atoms with Crippen molar-refractivity contribution in [1.82, 2.24) is 0 Å². The molecule has 0 aromatic carbocycles. The number of ether oxygens (including phenoxy) is 2. The van der Waals surface area contributed by atoms with Crippen molar-refractivity contribution in [2.45, 2.75) is 31.5 Å². The fourth-order valence-electron chi connectivity index (χ4n) is 1.07. The Kier molecular flexibility index (Phi) is 3.21. The summed E-state index contributed by atoms with van der Waals surface area (Å²) in [5.41, 5.74) is 0. The fourth-order valence-corrected chi connectivity index (χ4v) is 1.07. The van der Waals surface area contributed by atoms with E-state index in [1.165, 1.54) is 6.92 Å². The Balaban J connectivity index is 2.40. The van der Waals surface area contributed by atoms with Crippen LogP contribution < -0.4 is 0 Å². The Bertz CT molecular complexity index is 193. The first kappa shape index (κ1) is 10.4. The zero-order valence-electron chi connectivity index (χ0n) is 7.08. The highest BCUT2D eigenvalue weighted by atomic mass is 16.7. The number of hydrogen-bond acceptors (Lipinski definition) is 6. The van der Waals surface area contributed by atoms with Crippen LogP contribution in [0.4, 0.5) is 0 Å². The van der Waals surface area contributed by atoms with Crippen LogP contribution in [0.25, 0.3) is 0 Å². The number of aliphatic hydroxyl groups is 3. The molecule has 3 N–H and O–H groups in total. The van der Waals surface area contributed by atoms with Gasteiger partial charge in [-0.25, -0.2) is 0 Å². The van der Waals surface area contributed by atoms with Crippen LogP contribution in [-0.2, 0) is 14.3 Å². The van der Waals surface area contributed by atoms with Crippen LogP contribution in [0.5, 0.6) is 0 Å². The van der Waals surface area contributed by atoms with Crippen LogP contribution >= 0.6 is 0 Å². The highest BCUT2D eigenvalue weighted by Crippen LogP contribution is 2.19. The summed E-state index contributed by atoms with van der Waals surface area (Å²) in [5.74, 6) is -0.508. The molecule has 0 amide bonds. The maximum Gasteiger partial charge on any atom is 0.302 e. The Morgan fingerprint density at radius 1 is 1.38 bits per heavy atom. The van der Waals surface area contributed by atoms with Crippen LogP contribution in [0, 0.1) is 0 Å². The van der Waals surface area contributed by atoms with Gasteiger partial charge in [0, 0.05) is 6.92 Å². The van der Waals surface area contributed by atoms with Crippen molar-refractivity contribution in [3.63, 3.8) is 0 Å². The lowest BCUT2D eigenvalue weighted by atomic mass is 10.1. The summed E-state index contributed by atoms with van der Waals surface area (Å²) in [6, 6.07) is 0. The number of hydrogen-bond donors (Lipinski definition) is 3. The van der Waals surface area contributed by atoms with Gasteiger partial charge in [0.25, 0.3) is 0 Å². The van der Waals surface area contributed by atoms with Crippen molar-refractivity contribution in [2.75, 3.05) is 6.61 Å². The molecule has 1 fully saturated rings. The minimum Gasteiger partial charge on any atom is -0.463 e. The van der Waals surface area contributed by atoms with Crippen LogP contribution in [0.15, 0.2) is 0 Å². The molecular formula is C7H12O6. The van der Waals surface area contributed by atoms with Crippen molar-refractivity contribution in [3.05, 3.63) is 0 Å². The van der Waals surface area contributed by atoms with E-state index >= 15 is 0 Å². The average molecular weight is 192 g/mol. The van der Waals surface area contributed by atoms with Crippen LogP contribution in [0.3, 0.4) is 0 Å². The Hall–Kier alpha value is -0.690. The molecule has 0 aromatic heterocycles. The number of carbonyl (C=O) groups is 1. The van der Waals surface area contributed by atoms with Gasteiger partial charge >= 0.3 is 5.97 Å². The second kappa shape index (κ2) is 4.01. The lowest BCUT2D eigenvalue weighted by molar-refractivity contribution is -0.155. The van der Waals surface area contributed by atoms with Gasteiger partial charge in [0.05, 0.1) is 0 Å². The highest BCUT2D eigenvalue weighted by Gasteiger charge is 2.42. The molecule has 1 saturated heterocycles. The van der Waals surface area contributed by atoms with E-state index in [2.05, 4.69) is 4.74 Å². The monoisotopic (exact) mass is 192 g/mol. The largest absolute Gasteiger partial charge is 0.463 e. The van der Waals surface area contributed by atoms with Crippen LogP contribution in [-0.4, -0.2) is 52.5 Å². The first-order valence-corrected chi connectivity index (χ1v) is 3.85. The van der Waals surface area contributed by atoms with Crippen molar-refractivity contribution < 1.29 is 29.6 Å². The van der Waals surface area contributed by atoms with E-state index in [0.29, 0.717) is 0 Å². The molecule has 1 aliphatic heterocycles. The maximum absolute atomic E-state index is 10.4. The number of rotatable bonds is 2. The number of carbonyl (C=O) groups excluding carboxylic acids is 1. The third kappa shape index (κ3) is 2.38. The summed E-state index contributed by atoms with van der Waals surface area (Å²) < 4.78 is 9.26. The first-order chi connectivity index (χ1) is 6.02. The summed E-state index contributed by atoms with van der Waals surface area (Å²) in [7, 11) is 0. The molecule has 0 aromatic rings. The van der Waals surface area contributed by atoms with Gasteiger partial charge in [-0.2, -0.15) is 0 Å². The van der Waals surface area contributed by atoms with Crippen molar-refractivity contribution >= 4 is 5.97 Å². The molecule has 0 bridgehead atoms. The van der Waals surface area contributed by atoms with Gasteiger partial charge in [-0.05, 0) is 0 Å². The molecule has 0 unspecified atom stereocenters. The Morgan fingerprint density at radius 2 is 2.00 bits per heavy atom. The summed E-state index contributed by atoms with van der Waals surface area (Å²) >= 11 is 0. The molecule has 76 valence electrons. The predicted molar refractivity (Wildman–Crippen MR) is 39.5 cm³/mol. The molecule has 0 saturated carbocycles. The third-order valence-corrected chi connectivity index (χ3v) is 1.79. The molecule has 0 spiro atoms. The van der Waals surface area contributed by atoms with Crippen molar-refractivity contribution in [3.8, 4) is 0 Å².